The topological polar surface area (TPSA) is 48.1 Å². The zero-order valence-corrected chi connectivity index (χ0v) is 14.8. The summed E-state index contributed by atoms with van der Waals surface area (Å²) in [5.74, 6) is 0.856. The predicted molar refractivity (Wildman–Crippen MR) is 94.2 cm³/mol. The van der Waals surface area contributed by atoms with Gasteiger partial charge in [-0.1, -0.05) is 0 Å². The van der Waals surface area contributed by atoms with Crippen molar-refractivity contribution in [1.82, 2.24) is 19.4 Å². The van der Waals surface area contributed by atoms with Gasteiger partial charge in [0.1, 0.15) is 11.6 Å². The Labute approximate surface area is 148 Å². The maximum Gasteiger partial charge on any atom is 0.127 e. The number of halogens is 1. The lowest BCUT2D eigenvalue weighted by atomic mass is 10.1. The van der Waals surface area contributed by atoms with E-state index in [9.17, 15) is 4.39 Å². The number of nitrogens with zero attached hydrogens (tertiary/aromatic N) is 5. The fourth-order valence-corrected chi connectivity index (χ4v) is 3.42. The molecule has 25 heavy (non-hydrogen) atoms. The fourth-order valence-electron chi connectivity index (χ4n) is 3.42. The first kappa shape index (κ1) is 17.6. The number of hydrogen-bond acceptors (Lipinski definition) is 4. The molecule has 1 fully saturated rings. The fraction of sp³-hybridized carbons (Fsp3) is 0.474. The van der Waals surface area contributed by atoms with Crippen LogP contribution in [0.4, 0.5) is 4.39 Å². The van der Waals surface area contributed by atoms with Gasteiger partial charge in [-0.2, -0.15) is 5.26 Å². The molecular formula is C19H24FN5. The number of aryl methyl sites for hydroxylation is 1. The van der Waals surface area contributed by atoms with Gasteiger partial charge >= 0.3 is 0 Å². The van der Waals surface area contributed by atoms with E-state index in [0.29, 0.717) is 23.7 Å². The first-order valence-electron chi connectivity index (χ1n) is 8.75. The molecule has 0 radical (unpaired) electrons. The molecule has 1 aliphatic heterocycles. The summed E-state index contributed by atoms with van der Waals surface area (Å²) >= 11 is 0. The van der Waals surface area contributed by atoms with Gasteiger partial charge in [0.05, 0.1) is 18.2 Å². The smallest absolute Gasteiger partial charge is 0.127 e. The molecule has 1 aliphatic rings. The molecule has 6 heteroatoms. The number of aromatic nitrogens is 2. The van der Waals surface area contributed by atoms with Crippen molar-refractivity contribution in [2.24, 2.45) is 0 Å². The van der Waals surface area contributed by atoms with Crippen LogP contribution in [0.5, 0.6) is 0 Å². The molecule has 2 aromatic rings. The zero-order valence-electron chi connectivity index (χ0n) is 14.8. The lowest BCUT2D eigenvalue weighted by molar-refractivity contribution is 0.0699. The number of nitriles is 1. The Kier molecular flexibility index (Phi) is 5.47. The summed E-state index contributed by atoms with van der Waals surface area (Å²) in [5, 5.41) is 9.00. The molecule has 3 rings (SSSR count). The molecule has 1 aromatic heterocycles. The Balaban J connectivity index is 1.61. The zero-order chi connectivity index (χ0) is 17.8. The van der Waals surface area contributed by atoms with Crippen molar-refractivity contribution in [1.29, 1.82) is 5.26 Å². The Morgan fingerprint density at radius 1 is 1.32 bits per heavy atom. The monoisotopic (exact) mass is 341 g/mol. The van der Waals surface area contributed by atoms with Crippen LogP contribution in [0, 0.1) is 17.1 Å². The van der Waals surface area contributed by atoms with Crippen molar-refractivity contribution in [2.75, 3.05) is 19.6 Å². The highest BCUT2D eigenvalue weighted by molar-refractivity contribution is 5.33. The van der Waals surface area contributed by atoms with Gasteiger partial charge in [-0.25, -0.2) is 9.37 Å². The summed E-state index contributed by atoms with van der Waals surface area (Å²) in [6.07, 6.45) is 3.87. The Morgan fingerprint density at radius 3 is 2.88 bits per heavy atom. The average molecular weight is 341 g/mol. The van der Waals surface area contributed by atoms with Gasteiger partial charge in [-0.05, 0) is 32.0 Å². The number of piperazine rings is 1. The quantitative estimate of drug-likeness (QED) is 0.839. The summed E-state index contributed by atoms with van der Waals surface area (Å²) in [5.41, 5.74) is 1.11. The molecule has 1 aromatic carbocycles. The Bertz CT molecular complexity index is 763. The number of rotatable bonds is 5. The second-order valence-corrected chi connectivity index (χ2v) is 6.60. The highest BCUT2D eigenvalue weighted by atomic mass is 19.1. The average Bonchev–Trinajstić information content (AvgIpc) is 3.06. The normalized spacial score (nSPS) is 19.0. The number of benzene rings is 1. The molecule has 0 amide bonds. The van der Waals surface area contributed by atoms with Crippen LogP contribution >= 0.6 is 0 Å². The van der Waals surface area contributed by atoms with Crippen LogP contribution in [-0.4, -0.2) is 45.0 Å². The van der Waals surface area contributed by atoms with Gasteiger partial charge in [0.25, 0.3) is 0 Å². The summed E-state index contributed by atoms with van der Waals surface area (Å²) in [7, 11) is 0. The van der Waals surface area contributed by atoms with Crippen molar-refractivity contribution in [3.63, 3.8) is 0 Å². The van der Waals surface area contributed by atoms with Crippen molar-refractivity contribution in [3.05, 3.63) is 53.4 Å². The minimum atomic E-state index is -0.237. The van der Waals surface area contributed by atoms with Crippen molar-refractivity contribution < 1.29 is 4.39 Å². The van der Waals surface area contributed by atoms with Gasteiger partial charge in [-0.15, -0.1) is 0 Å². The third-order valence-electron chi connectivity index (χ3n) is 4.90. The lowest BCUT2D eigenvalue weighted by Crippen LogP contribution is -2.51. The second kappa shape index (κ2) is 7.77. The molecule has 0 spiro atoms. The molecule has 1 atom stereocenters. The Morgan fingerprint density at radius 2 is 2.16 bits per heavy atom. The van der Waals surface area contributed by atoms with Crippen LogP contribution in [0.15, 0.2) is 30.6 Å². The molecule has 0 bridgehead atoms. The van der Waals surface area contributed by atoms with Crippen LogP contribution in [0.25, 0.3) is 0 Å². The maximum absolute atomic E-state index is 14.0. The van der Waals surface area contributed by atoms with Gasteiger partial charge in [-0.3, -0.25) is 9.80 Å². The minimum Gasteiger partial charge on any atom is -0.334 e. The first-order valence-corrected chi connectivity index (χ1v) is 8.75. The molecule has 1 saturated heterocycles. The van der Waals surface area contributed by atoms with E-state index in [4.69, 9.17) is 5.26 Å². The highest BCUT2D eigenvalue weighted by Crippen LogP contribution is 2.18. The maximum atomic E-state index is 14.0. The molecule has 132 valence electrons. The van der Waals surface area contributed by atoms with Gasteiger partial charge < -0.3 is 4.57 Å². The van der Waals surface area contributed by atoms with Crippen LogP contribution in [0.1, 0.15) is 30.8 Å². The van der Waals surface area contributed by atoms with Crippen LogP contribution in [0.2, 0.25) is 0 Å². The third kappa shape index (κ3) is 4.06. The van der Waals surface area contributed by atoms with E-state index in [-0.39, 0.29) is 5.82 Å². The summed E-state index contributed by atoms with van der Waals surface area (Å²) < 4.78 is 16.2. The van der Waals surface area contributed by atoms with E-state index < -0.39 is 0 Å². The predicted octanol–water partition coefficient (Wildman–Crippen LogP) is 2.62. The number of hydrogen-bond donors (Lipinski definition) is 0. The van der Waals surface area contributed by atoms with Crippen LogP contribution in [-0.2, 0) is 19.6 Å². The van der Waals surface area contributed by atoms with E-state index in [0.717, 1.165) is 38.5 Å². The third-order valence-corrected chi connectivity index (χ3v) is 4.90. The Hall–Kier alpha value is -2.23. The summed E-state index contributed by atoms with van der Waals surface area (Å²) in [4.78, 5) is 9.14. The van der Waals surface area contributed by atoms with Crippen LogP contribution in [0.3, 0.4) is 0 Å². The van der Waals surface area contributed by atoms with E-state index in [1.165, 1.54) is 12.1 Å². The largest absolute Gasteiger partial charge is 0.334 e. The highest BCUT2D eigenvalue weighted by Gasteiger charge is 2.25. The molecule has 5 nitrogen and oxygen atoms in total. The molecular weight excluding hydrogens is 317 g/mol. The molecule has 0 aliphatic carbocycles. The van der Waals surface area contributed by atoms with Crippen molar-refractivity contribution >= 4 is 0 Å². The number of imidazole rings is 1. The van der Waals surface area contributed by atoms with E-state index >= 15 is 0 Å². The summed E-state index contributed by atoms with van der Waals surface area (Å²) in [6, 6.07) is 7.02. The van der Waals surface area contributed by atoms with E-state index in [1.807, 2.05) is 12.4 Å². The van der Waals surface area contributed by atoms with Crippen molar-refractivity contribution in [2.45, 2.75) is 39.5 Å². The molecule has 1 unspecified atom stereocenters. The van der Waals surface area contributed by atoms with Gasteiger partial charge in [0.15, 0.2) is 0 Å². The first-order chi connectivity index (χ1) is 12.1. The van der Waals surface area contributed by atoms with E-state index in [1.54, 1.807) is 6.07 Å². The molecule has 0 N–H and O–H groups in total. The second-order valence-electron chi connectivity index (χ2n) is 6.60. The SMILES string of the molecule is CCn1ccnc1CN1CCN(Cc2cc(C#N)ccc2F)CC1C. The molecule has 0 saturated carbocycles. The van der Waals surface area contributed by atoms with Gasteiger partial charge in [0.2, 0.25) is 0 Å². The minimum absolute atomic E-state index is 0.237. The lowest BCUT2D eigenvalue weighted by Gasteiger charge is -2.39. The van der Waals surface area contributed by atoms with Gasteiger partial charge in [0, 0.05) is 56.7 Å². The molecule has 2 heterocycles. The van der Waals surface area contributed by atoms with Crippen LogP contribution < -0.4 is 0 Å². The van der Waals surface area contributed by atoms with E-state index in [2.05, 4.69) is 39.3 Å². The standard InChI is InChI=1S/C19H24FN5/c1-3-24-7-6-22-19(24)14-25-9-8-23(12-15(25)2)13-17-10-16(11-21)4-5-18(17)20/h4-7,10,15H,3,8-9,12-14H2,1-2H3. The summed E-state index contributed by atoms with van der Waals surface area (Å²) in [6.45, 7) is 9.33. The van der Waals surface area contributed by atoms with Crippen molar-refractivity contribution in [3.8, 4) is 6.07 Å².